The number of amides is 2. The molecule has 1 aromatic heterocycles. The van der Waals surface area contributed by atoms with Gasteiger partial charge in [-0.05, 0) is 68.4 Å². The zero-order valence-corrected chi connectivity index (χ0v) is 25.6. The molecule has 2 aliphatic heterocycles. The number of piperidine rings is 1. The molecule has 1 spiro atoms. The highest BCUT2D eigenvalue weighted by atomic mass is 19.4. The highest BCUT2D eigenvalue weighted by Crippen LogP contribution is 2.49. The van der Waals surface area contributed by atoms with Gasteiger partial charge in [0.05, 0.1) is 23.9 Å². The van der Waals surface area contributed by atoms with Crippen LogP contribution in [-0.4, -0.2) is 71.4 Å². The minimum Gasteiger partial charge on any atom is -0.495 e. The fourth-order valence-corrected chi connectivity index (χ4v) is 6.57. The van der Waals surface area contributed by atoms with Crippen LogP contribution in [-0.2, 0) is 12.7 Å². The van der Waals surface area contributed by atoms with E-state index >= 15 is 4.39 Å². The van der Waals surface area contributed by atoms with E-state index in [0.717, 1.165) is 51.4 Å². The molecule has 1 aliphatic carbocycles. The molecule has 0 unspecified atom stereocenters. The Morgan fingerprint density at radius 1 is 1.15 bits per heavy atom. The van der Waals surface area contributed by atoms with Gasteiger partial charge in [-0.15, -0.1) is 0 Å². The average molecular weight is 643 g/mol. The first kappa shape index (κ1) is 31.5. The van der Waals surface area contributed by atoms with E-state index in [4.69, 9.17) is 9.47 Å². The van der Waals surface area contributed by atoms with E-state index in [1.165, 1.54) is 24.1 Å². The second-order valence-electron chi connectivity index (χ2n) is 12.1. The molecule has 0 bridgehead atoms. The fraction of sp³-hybridized carbons (Fsp3) is 0.438. The van der Waals surface area contributed by atoms with Crippen LogP contribution in [0.15, 0.2) is 36.5 Å². The van der Waals surface area contributed by atoms with Crippen LogP contribution >= 0.6 is 0 Å². The highest BCUT2D eigenvalue weighted by Gasteiger charge is 2.46. The van der Waals surface area contributed by atoms with Crippen molar-refractivity contribution >= 4 is 23.5 Å². The summed E-state index contributed by atoms with van der Waals surface area (Å²) in [5, 5.41) is 5.59. The third kappa shape index (κ3) is 6.05. The molecule has 2 N–H and O–H groups in total. The summed E-state index contributed by atoms with van der Waals surface area (Å²) in [7, 11) is 2.88. The maximum Gasteiger partial charge on any atom is 0.423 e. The third-order valence-electron chi connectivity index (χ3n) is 9.18. The SMILES string of the molecule is CCN1CCC2(CC1)CC(NC(=O)c1cc(OC)c(Nc3ncc(C(F)(F)F)c(Oc4cccc5c4C(=O)N(C)C5)n3)cc1F)C2. The molecule has 0 atom stereocenters. The lowest BCUT2D eigenvalue weighted by Crippen LogP contribution is -2.54. The second kappa shape index (κ2) is 12.0. The van der Waals surface area contributed by atoms with Crippen LogP contribution in [0.25, 0.3) is 0 Å². The number of hydrogen-bond acceptors (Lipinski definition) is 8. The first-order chi connectivity index (χ1) is 21.9. The summed E-state index contributed by atoms with van der Waals surface area (Å²) in [5.74, 6) is -3.10. The summed E-state index contributed by atoms with van der Waals surface area (Å²) in [6.07, 6.45) is -0.487. The number of likely N-dealkylation sites (tertiary alicyclic amines) is 1. The molecule has 3 aromatic rings. The number of carbonyl (C=O) groups is 2. The quantitative estimate of drug-likeness (QED) is 0.299. The van der Waals surface area contributed by atoms with Crippen molar-refractivity contribution < 1.29 is 36.6 Å². The van der Waals surface area contributed by atoms with Crippen molar-refractivity contribution in [3.05, 3.63) is 64.6 Å². The number of nitrogens with zero attached hydrogens (tertiary/aromatic N) is 4. The molecule has 2 amide bonds. The number of hydrogen-bond donors (Lipinski definition) is 2. The lowest BCUT2D eigenvalue weighted by atomic mass is 9.60. The van der Waals surface area contributed by atoms with Crippen molar-refractivity contribution in [2.45, 2.75) is 51.4 Å². The maximum absolute atomic E-state index is 15.3. The molecular formula is C32H34F4N6O4. The number of methoxy groups -OCH3 is 1. The Morgan fingerprint density at radius 2 is 1.89 bits per heavy atom. The van der Waals surface area contributed by atoms with Crippen LogP contribution in [0.2, 0.25) is 0 Å². The minimum atomic E-state index is -4.88. The zero-order valence-electron chi connectivity index (χ0n) is 25.6. The van der Waals surface area contributed by atoms with Gasteiger partial charge >= 0.3 is 6.18 Å². The number of rotatable bonds is 8. The Balaban J connectivity index is 1.20. The number of benzene rings is 2. The Hall–Kier alpha value is -4.46. The van der Waals surface area contributed by atoms with Gasteiger partial charge in [0, 0.05) is 31.9 Å². The summed E-state index contributed by atoms with van der Waals surface area (Å²) < 4.78 is 68.0. The van der Waals surface area contributed by atoms with Gasteiger partial charge in [-0.3, -0.25) is 9.59 Å². The first-order valence-electron chi connectivity index (χ1n) is 15.1. The molecule has 2 fully saturated rings. The van der Waals surface area contributed by atoms with Gasteiger partial charge in [-0.1, -0.05) is 19.1 Å². The molecule has 1 saturated carbocycles. The summed E-state index contributed by atoms with van der Waals surface area (Å²) in [4.78, 5) is 37.2. The molecule has 3 heterocycles. The Labute approximate surface area is 263 Å². The van der Waals surface area contributed by atoms with E-state index in [2.05, 4.69) is 32.4 Å². The normalized spacial score (nSPS) is 17.9. The van der Waals surface area contributed by atoms with E-state index < -0.39 is 35.3 Å². The Bertz CT molecular complexity index is 1670. The number of alkyl halides is 3. The predicted octanol–water partition coefficient (Wildman–Crippen LogP) is 5.76. The topological polar surface area (TPSA) is 109 Å². The standard InChI is InChI=1S/C32H34F4N6O4/c1-4-42-10-8-31(9-11-42)14-19(15-31)38-27(43)20-12-25(45-3)23(13-22(20)33)39-30-37-16-21(32(34,35)36)28(40-30)46-24-7-5-6-18-17-41(2)29(44)26(18)24/h5-7,12-13,16,19H,4,8-11,14-15,17H2,1-3H3,(H,38,43)(H,37,39,40). The number of halogens is 4. The lowest BCUT2D eigenvalue weighted by Gasteiger charge is -2.52. The average Bonchev–Trinajstić information content (AvgIpc) is 3.29. The van der Waals surface area contributed by atoms with Crippen LogP contribution < -0.4 is 20.1 Å². The first-order valence-corrected chi connectivity index (χ1v) is 15.1. The molecule has 14 heteroatoms. The number of carbonyl (C=O) groups excluding carboxylic acids is 2. The fourth-order valence-electron chi connectivity index (χ4n) is 6.57. The molecule has 46 heavy (non-hydrogen) atoms. The summed E-state index contributed by atoms with van der Waals surface area (Å²) in [6.45, 7) is 5.54. The van der Waals surface area contributed by atoms with E-state index in [1.54, 1.807) is 19.2 Å². The molecule has 2 aromatic carbocycles. The summed E-state index contributed by atoms with van der Waals surface area (Å²) in [6, 6.07) is 6.80. The third-order valence-corrected chi connectivity index (χ3v) is 9.18. The molecular weight excluding hydrogens is 608 g/mol. The van der Waals surface area contributed by atoms with Crippen molar-refractivity contribution in [3.63, 3.8) is 0 Å². The number of anilines is 2. The zero-order chi connectivity index (χ0) is 32.8. The smallest absolute Gasteiger partial charge is 0.423 e. The number of ether oxygens (including phenoxy) is 2. The minimum absolute atomic E-state index is 0.0232. The van der Waals surface area contributed by atoms with Crippen LogP contribution in [0, 0.1) is 11.2 Å². The summed E-state index contributed by atoms with van der Waals surface area (Å²) in [5.41, 5.74) is -0.552. The molecule has 244 valence electrons. The second-order valence-corrected chi connectivity index (χ2v) is 12.1. The number of aromatic nitrogens is 2. The van der Waals surface area contributed by atoms with Crippen molar-refractivity contribution in [1.82, 2.24) is 25.1 Å². The van der Waals surface area contributed by atoms with E-state index in [9.17, 15) is 22.8 Å². The number of nitrogens with one attached hydrogen (secondary N) is 2. The van der Waals surface area contributed by atoms with Crippen LogP contribution in [0.3, 0.4) is 0 Å². The molecule has 3 aliphatic rings. The van der Waals surface area contributed by atoms with Crippen molar-refractivity contribution in [2.75, 3.05) is 39.1 Å². The van der Waals surface area contributed by atoms with Gasteiger partial charge in [0.1, 0.15) is 22.9 Å². The van der Waals surface area contributed by atoms with E-state index in [1.807, 2.05) is 0 Å². The maximum atomic E-state index is 15.3. The largest absolute Gasteiger partial charge is 0.495 e. The van der Waals surface area contributed by atoms with Crippen LogP contribution in [0.1, 0.15) is 64.4 Å². The monoisotopic (exact) mass is 642 g/mol. The molecule has 6 rings (SSSR count). The van der Waals surface area contributed by atoms with Gasteiger partial charge < -0.3 is 29.9 Å². The summed E-state index contributed by atoms with van der Waals surface area (Å²) >= 11 is 0. The molecule has 0 radical (unpaired) electrons. The number of fused-ring (bicyclic) bond motifs is 1. The Kier molecular flexibility index (Phi) is 8.25. The van der Waals surface area contributed by atoms with Crippen molar-refractivity contribution in [1.29, 1.82) is 0 Å². The predicted molar refractivity (Wildman–Crippen MR) is 160 cm³/mol. The van der Waals surface area contributed by atoms with Gasteiger partial charge in [-0.25, -0.2) is 9.37 Å². The van der Waals surface area contributed by atoms with Crippen molar-refractivity contribution in [2.24, 2.45) is 5.41 Å². The van der Waals surface area contributed by atoms with Gasteiger partial charge in [0.15, 0.2) is 0 Å². The highest BCUT2D eigenvalue weighted by molar-refractivity contribution is 6.01. The van der Waals surface area contributed by atoms with Gasteiger partial charge in [-0.2, -0.15) is 18.2 Å². The lowest BCUT2D eigenvalue weighted by molar-refractivity contribution is -0.139. The van der Waals surface area contributed by atoms with Crippen molar-refractivity contribution in [3.8, 4) is 17.4 Å². The van der Waals surface area contributed by atoms with Crippen LogP contribution in [0.5, 0.6) is 17.4 Å². The van der Waals surface area contributed by atoms with Crippen LogP contribution in [0.4, 0.5) is 29.2 Å². The van der Waals surface area contributed by atoms with Gasteiger partial charge in [0.2, 0.25) is 11.8 Å². The molecule has 1 saturated heterocycles. The van der Waals surface area contributed by atoms with Gasteiger partial charge in [0.25, 0.3) is 11.8 Å². The molecule has 10 nitrogen and oxygen atoms in total. The van der Waals surface area contributed by atoms with E-state index in [0.29, 0.717) is 11.8 Å². The Morgan fingerprint density at radius 3 is 2.57 bits per heavy atom. The van der Waals surface area contributed by atoms with E-state index in [-0.39, 0.29) is 52.3 Å².